The topological polar surface area (TPSA) is 76.1 Å². The van der Waals surface area contributed by atoms with E-state index in [9.17, 15) is 4.79 Å². The molecule has 1 fully saturated rings. The van der Waals surface area contributed by atoms with Gasteiger partial charge < -0.3 is 10.1 Å². The van der Waals surface area contributed by atoms with Gasteiger partial charge >= 0.3 is 6.09 Å². The molecule has 0 aromatic carbocycles. The van der Waals surface area contributed by atoms with Crippen LogP contribution in [-0.2, 0) is 4.74 Å². The average molecular weight is 264 g/mol. The van der Waals surface area contributed by atoms with Gasteiger partial charge in [-0.15, -0.1) is 10.2 Å². The Balaban J connectivity index is 1.85. The van der Waals surface area contributed by atoms with Crippen LogP contribution in [0, 0.1) is 0 Å². The van der Waals surface area contributed by atoms with Gasteiger partial charge in [0, 0.05) is 6.04 Å². The number of hydrogen-bond donors (Lipinski definition) is 2. The molecule has 1 aromatic rings. The van der Waals surface area contributed by atoms with Gasteiger partial charge in [0.05, 0.1) is 6.61 Å². The quantitative estimate of drug-likeness (QED) is 0.874. The van der Waals surface area contributed by atoms with Gasteiger partial charge in [0.15, 0.2) is 5.82 Å². The molecule has 0 saturated heterocycles. The van der Waals surface area contributed by atoms with Crippen LogP contribution in [0.3, 0.4) is 0 Å². The average Bonchev–Trinajstić information content (AvgIpc) is 2.42. The van der Waals surface area contributed by atoms with E-state index in [4.69, 9.17) is 4.74 Å². The Morgan fingerprint density at radius 3 is 2.58 bits per heavy atom. The number of aromatic nitrogens is 2. The molecule has 0 radical (unpaired) electrons. The first-order chi connectivity index (χ1) is 9.28. The van der Waals surface area contributed by atoms with Gasteiger partial charge in [0.1, 0.15) is 5.82 Å². The second-order valence-electron chi connectivity index (χ2n) is 4.63. The summed E-state index contributed by atoms with van der Waals surface area (Å²) in [6, 6.07) is 4.03. The summed E-state index contributed by atoms with van der Waals surface area (Å²) in [4.78, 5) is 11.2. The number of anilines is 2. The third-order valence-corrected chi connectivity index (χ3v) is 3.13. The van der Waals surface area contributed by atoms with Crippen LogP contribution in [0.2, 0.25) is 0 Å². The van der Waals surface area contributed by atoms with E-state index < -0.39 is 6.09 Å². The molecule has 104 valence electrons. The smallest absolute Gasteiger partial charge is 0.412 e. The predicted octanol–water partition coefficient (Wildman–Crippen LogP) is 2.79. The van der Waals surface area contributed by atoms with Gasteiger partial charge in [-0.3, -0.25) is 5.32 Å². The predicted molar refractivity (Wildman–Crippen MR) is 73.2 cm³/mol. The molecule has 0 spiro atoms. The Hall–Kier alpha value is -1.85. The lowest BCUT2D eigenvalue weighted by Crippen LogP contribution is -2.23. The molecule has 6 nitrogen and oxygen atoms in total. The van der Waals surface area contributed by atoms with Gasteiger partial charge in [0.25, 0.3) is 0 Å². The summed E-state index contributed by atoms with van der Waals surface area (Å²) in [6.07, 6.45) is 5.73. The van der Waals surface area contributed by atoms with E-state index in [1.165, 1.54) is 32.1 Å². The number of ether oxygens (including phenoxy) is 1. The fraction of sp³-hybridized carbons (Fsp3) is 0.615. The second kappa shape index (κ2) is 6.92. The zero-order valence-electron chi connectivity index (χ0n) is 11.2. The largest absolute Gasteiger partial charge is 0.450 e. The lowest BCUT2D eigenvalue weighted by molar-refractivity contribution is 0.168. The molecule has 2 rings (SSSR count). The monoisotopic (exact) mass is 264 g/mol. The van der Waals surface area contributed by atoms with Crippen molar-refractivity contribution >= 4 is 17.7 Å². The number of carbonyl (C=O) groups excluding carboxylic acids is 1. The van der Waals surface area contributed by atoms with Crippen LogP contribution >= 0.6 is 0 Å². The van der Waals surface area contributed by atoms with Gasteiger partial charge in [-0.1, -0.05) is 19.3 Å². The van der Waals surface area contributed by atoms with Crippen LogP contribution in [-0.4, -0.2) is 28.9 Å². The van der Waals surface area contributed by atoms with Crippen molar-refractivity contribution in [3.05, 3.63) is 12.1 Å². The SMILES string of the molecule is CCOC(=O)Nc1ccc(NC2CCCCC2)nn1. The van der Waals surface area contributed by atoms with E-state index in [2.05, 4.69) is 20.8 Å². The molecule has 19 heavy (non-hydrogen) atoms. The molecule has 1 amide bonds. The first-order valence-corrected chi connectivity index (χ1v) is 6.82. The number of carbonyl (C=O) groups is 1. The van der Waals surface area contributed by atoms with Gasteiger partial charge in [-0.2, -0.15) is 0 Å². The van der Waals surface area contributed by atoms with Crippen LogP contribution in [0.4, 0.5) is 16.4 Å². The maximum Gasteiger partial charge on any atom is 0.412 e. The number of rotatable bonds is 4. The lowest BCUT2D eigenvalue weighted by atomic mass is 9.95. The van der Waals surface area contributed by atoms with Gasteiger partial charge in [-0.05, 0) is 31.9 Å². The molecular formula is C13H20N4O2. The highest BCUT2D eigenvalue weighted by Gasteiger charge is 2.13. The molecule has 2 N–H and O–H groups in total. The third-order valence-electron chi connectivity index (χ3n) is 3.13. The van der Waals surface area contributed by atoms with Crippen LogP contribution in [0.1, 0.15) is 39.0 Å². The van der Waals surface area contributed by atoms with Crippen LogP contribution in [0.25, 0.3) is 0 Å². The second-order valence-corrected chi connectivity index (χ2v) is 4.63. The summed E-state index contributed by atoms with van der Waals surface area (Å²) in [5, 5.41) is 13.9. The lowest BCUT2D eigenvalue weighted by Gasteiger charge is -2.22. The van der Waals surface area contributed by atoms with Crippen molar-refractivity contribution < 1.29 is 9.53 Å². The van der Waals surface area contributed by atoms with Crippen LogP contribution in [0.5, 0.6) is 0 Å². The molecule has 1 aliphatic rings. The highest BCUT2D eigenvalue weighted by Crippen LogP contribution is 2.20. The maximum atomic E-state index is 11.2. The maximum absolute atomic E-state index is 11.2. The molecular weight excluding hydrogens is 244 g/mol. The summed E-state index contributed by atoms with van der Waals surface area (Å²) in [5.41, 5.74) is 0. The van der Waals surface area contributed by atoms with Gasteiger partial charge in [0.2, 0.25) is 0 Å². The Morgan fingerprint density at radius 2 is 1.95 bits per heavy atom. The molecule has 6 heteroatoms. The third kappa shape index (κ3) is 4.39. The summed E-state index contributed by atoms with van der Waals surface area (Å²) >= 11 is 0. The Labute approximate surface area is 112 Å². The van der Waals surface area contributed by atoms with E-state index >= 15 is 0 Å². The van der Waals surface area contributed by atoms with Crippen LogP contribution in [0.15, 0.2) is 12.1 Å². The van der Waals surface area contributed by atoms with Crippen molar-refractivity contribution in [3.63, 3.8) is 0 Å². The summed E-state index contributed by atoms with van der Waals surface area (Å²) in [5.74, 6) is 1.15. The standard InChI is InChI=1S/C13H20N4O2/c1-2-19-13(18)15-12-9-8-11(16-17-12)14-10-6-4-3-5-7-10/h8-10H,2-7H2,1H3,(H,14,16)(H,15,17,18). The highest BCUT2D eigenvalue weighted by molar-refractivity contribution is 5.83. The molecule has 0 bridgehead atoms. The summed E-state index contributed by atoms with van der Waals surface area (Å²) in [6.45, 7) is 2.09. The fourth-order valence-corrected chi connectivity index (χ4v) is 2.20. The van der Waals surface area contributed by atoms with Crippen molar-refractivity contribution in [2.45, 2.75) is 45.1 Å². The van der Waals surface area contributed by atoms with Crippen molar-refractivity contribution in [3.8, 4) is 0 Å². The van der Waals surface area contributed by atoms with E-state index in [0.717, 1.165) is 5.82 Å². The molecule has 1 saturated carbocycles. The van der Waals surface area contributed by atoms with Crippen molar-refractivity contribution in [1.29, 1.82) is 0 Å². The number of hydrogen-bond acceptors (Lipinski definition) is 5. The molecule has 0 atom stereocenters. The Bertz CT molecular complexity index is 402. The molecule has 0 aliphatic heterocycles. The van der Waals surface area contributed by atoms with Gasteiger partial charge in [-0.25, -0.2) is 4.79 Å². The van der Waals surface area contributed by atoms with E-state index in [-0.39, 0.29) is 0 Å². The first kappa shape index (κ1) is 13.6. The molecule has 1 aromatic heterocycles. The number of nitrogens with one attached hydrogen (secondary N) is 2. The minimum Gasteiger partial charge on any atom is -0.450 e. The zero-order chi connectivity index (χ0) is 13.5. The fourth-order valence-electron chi connectivity index (χ4n) is 2.20. The molecule has 1 heterocycles. The number of nitrogens with zero attached hydrogens (tertiary/aromatic N) is 2. The molecule has 0 unspecified atom stereocenters. The Morgan fingerprint density at radius 1 is 1.26 bits per heavy atom. The van der Waals surface area contributed by atoms with E-state index in [1.807, 2.05) is 6.07 Å². The minimum atomic E-state index is -0.509. The highest BCUT2D eigenvalue weighted by atomic mass is 16.5. The minimum absolute atomic E-state index is 0.334. The van der Waals surface area contributed by atoms with E-state index in [1.54, 1.807) is 13.0 Å². The Kier molecular flexibility index (Phi) is 4.94. The normalized spacial score (nSPS) is 15.8. The van der Waals surface area contributed by atoms with Crippen molar-refractivity contribution in [2.75, 3.05) is 17.2 Å². The van der Waals surface area contributed by atoms with Crippen molar-refractivity contribution in [2.24, 2.45) is 0 Å². The first-order valence-electron chi connectivity index (χ1n) is 6.82. The molecule has 1 aliphatic carbocycles. The zero-order valence-corrected chi connectivity index (χ0v) is 11.2. The summed E-state index contributed by atoms with van der Waals surface area (Å²) < 4.78 is 4.76. The summed E-state index contributed by atoms with van der Waals surface area (Å²) in [7, 11) is 0. The van der Waals surface area contributed by atoms with Crippen LogP contribution < -0.4 is 10.6 Å². The van der Waals surface area contributed by atoms with E-state index in [0.29, 0.717) is 18.5 Å². The van der Waals surface area contributed by atoms with Crippen molar-refractivity contribution in [1.82, 2.24) is 10.2 Å². The number of amides is 1.